The third kappa shape index (κ3) is 2.51. The van der Waals surface area contributed by atoms with Crippen LogP contribution < -0.4 is 11.1 Å². The molecule has 104 valence electrons. The van der Waals surface area contributed by atoms with Gasteiger partial charge in [-0.15, -0.1) is 11.3 Å². The first-order valence-corrected chi connectivity index (χ1v) is 7.83. The van der Waals surface area contributed by atoms with E-state index in [4.69, 9.17) is 5.73 Å². The quantitative estimate of drug-likeness (QED) is 0.865. The number of benzene rings is 1. The summed E-state index contributed by atoms with van der Waals surface area (Å²) in [6.45, 7) is 0. The largest absolute Gasteiger partial charge is 0.326 e. The molecule has 6 heteroatoms. The van der Waals surface area contributed by atoms with E-state index in [1.807, 2.05) is 11.4 Å². The summed E-state index contributed by atoms with van der Waals surface area (Å²) in [6, 6.07) is 4.53. The van der Waals surface area contributed by atoms with Crippen LogP contribution in [0.5, 0.6) is 0 Å². The van der Waals surface area contributed by atoms with Gasteiger partial charge in [-0.2, -0.15) is 0 Å². The van der Waals surface area contributed by atoms with E-state index in [9.17, 15) is 9.18 Å². The first-order valence-electron chi connectivity index (χ1n) is 6.16. The first kappa shape index (κ1) is 13.7. The molecule has 1 amide bonds. The molecule has 0 saturated carbocycles. The SMILES string of the molecule is NC(c1csc(Br)c1)c1cc2c(cc1F)NC(=O)CC2. The van der Waals surface area contributed by atoms with E-state index < -0.39 is 6.04 Å². The van der Waals surface area contributed by atoms with Crippen LogP contribution in [-0.4, -0.2) is 5.91 Å². The van der Waals surface area contributed by atoms with Gasteiger partial charge < -0.3 is 11.1 Å². The minimum atomic E-state index is -0.500. The molecule has 3 nitrogen and oxygen atoms in total. The molecule has 1 atom stereocenters. The predicted octanol–water partition coefficient (Wildman–Crippen LogP) is 3.58. The van der Waals surface area contributed by atoms with Gasteiger partial charge in [-0.05, 0) is 57.1 Å². The minimum Gasteiger partial charge on any atom is -0.326 e. The monoisotopic (exact) mass is 354 g/mol. The van der Waals surface area contributed by atoms with Crippen molar-refractivity contribution in [2.45, 2.75) is 18.9 Å². The van der Waals surface area contributed by atoms with Gasteiger partial charge in [-0.3, -0.25) is 4.79 Å². The van der Waals surface area contributed by atoms with Crippen molar-refractivity contribution >= 4 is 38.9 Å². The van der Waals surface area contributed by atoms with Crippen molar-refractivity contribution in [3.8, 4) is 0 Å². The summed E-state index contributed by atoms with van der Waals surface area (Å²) in [5.74, 6) is -0.462. The molecule has 0 saturated heterocycles. The molecule has 0 fully saturated rings. The smallest absolute Gasteiger partial charge is 0.224 e. The maximum absolute atomic E-state index is 14.2. The lowest BCUT2D eigenvalue weighted by atomic mass is 9.95. The Kier molecular flexibility index (Phi) is 3.62. The fourth-order valence-corrected chi connectivity index (χ4v) is 3.54. The molecule has 3 rings (SSSR count). The van der Waals surface area contributed by atoms with Gasteiger partial charge >= 0.3 is 0 Å². The molecule has 0 bridgehead atoms. The van der Waals surface area contributed by atoms with Crippen LogP contribution in [0, 0.1) is 5.82 Å². The predicted molar refractivity (Wildman–Crippen MR) is 81.4 cm³/mol. The molecule has 20 heavy (non-hydrogen) atoms. The third-order valence-electron chi connectivity index (χ3n) is 3.40. The number of rotatable bonds is 2. The Balaban J connectivity index is 2.00. The normalized spacial score (nSPS) is 15.7. The minimum absolute atomic E-state index is 0.0734. The number of anilines is 1. The van der Waals surface area contributed by atoms with Crippen LogP contribution in [0.1, 0.15) is 29.2 Å². The average molecular weight is 355 g/mol. The Morgan fingerprint density at radius 3 is 2.85 bits per heavy atom. The Morgan fingerprint density at radius 1 is 1.35 bits per heavy atom. The van der Waals surface area contributed by atoms with E-state index in [0.29, 0.717) is 24.1 Å². The number of aryl methyl sites for hydroxylation is 1. The second kappa shape index (κ2) is 5.27. The number of nitrogens with two attached hydrogens (primary N) is 1. The Labute approximate surface area is 128 Å². The highest BCUT2D eigenvalue weighted by atomic mass is 79.9. The fourth-order valence-electron chi connectivity index (χ4n) is 2.33. The number of halogens is 2. The van der Waals surface area contributed by atoms with Crippen LogP contribution in [0.15, 0.2) is 27.4 Å². The number of hydrogen-bond donors (Lipinski definition) is 2. The highest BCUT2D eigenvalue weighted by molar-refractivity contribution is 9.11. The third-order valence-corrected chi connectivity index (χ3v) is 4.92. The van der Waals surface area contributed by atoms with Crippen LogP contribution in [0.25, 0.3) is 0 Å². The maximum Gasteiger partial charge on any atom is 0.224 e. The number of amides is 1. The lowest BCUT2D eigenvalue weighted by Crippen LogP contribution is -2.21. The van der Waals surface area contributed by atoms with Crippen molar-refractivity contribution in [3.63, 3.8) is 0 Å². The molecule has 2 heterocycles. The molecule has 1 aromatic carbocycles. The summed E-state index contributed by atoms with van der Waals surface area (Å²) in [5.41, 5.74) is 8.98. The first-order chi connectivity index (χ1) is 9.54. The molecule has 1 aliphatic rings. The summed E-state index contributed by atoms with van der Waals surface area (Å²) in [7, 11) is 0. The van der Waals surface area contributed by atoms with Gasteiger partial charge in [0.15, 0.2) is 0 Å². The van der Waals surface area contributed by atoms with Crippen LogP contribution >= 0.6 is 27.3 Å². The van der Waals surface area contributed by atoms with Crippen molar-refractivity contribution in [2.75, 3.05) is 5.32 Å². The van der Waals surface area contributed by atoms with Crippen molar-refractivity contribution in [2.24, 2.45) is 5.73 Å². The lowest BCUT2D eigenvalue weighted by molar-refractivity contribution is -0.116. The number of fused-ring (bicyclic) bond motifs is 1. The van der Waals surface area contributed by atoms with E-state index in [2.05, 4.69) is 21.2 Å². The van der Waals surface area contributed by atoms with Gasteiger partial charge in [-0.1, -0.05) is 0 Å². The number of nitrogens with one attached hydrogen (secondary N) is 1. The topological polar surface area (TPSA) is 55.1 Å². The van der Waals surface area contributed by atoms with E-state index in [0.717, 1.165) is 14.9 Å². The zero-order valence-electron chi connectivity index (χ0n) is 10.5. The van der Waals surface area contributed by atoms with Crippen LogP contribution in [0.2, 0.25) is 0 Å². The highest BCUT2D eigenvalue weighted by Crippen LogP contribution is 2.33. The van der Waals surface area contributed by atoms with Crippen LogP contribution in [0.4, 0.5) is 10.1 Å². The zero-order chi connectivity index (χ0) is 14.3. The van der Waals surface area contributed by atoms with Crippen LogP contribution in [-0.2, 0) is 11.2 Å². The number of carbonyl (C=O) groups is 1. The molecule has 1 unspecified atom stereocenters. The highest BCUT2D eigenvalue weighted by Gasteiger charge is 2.21. The van der Waals surface area contributed by atoms with Gasteiger partial charge in [-0.25, -0.2) is 4.39 Å². The fraction of sp³-hybridized carbons (Fsp3) is 0.214. The summed E-state index contributed by atoms with van der Waals surface area (Å²) in [5, 5.41) is 4.60. The molecule has 1 aromatic heterocycles. The van der Waals surface area contributed by atoms with Crippen molar-refractivity contribution in [1.29, 1.82) is 0 Å². The van der Waals surface area contributed by atoms with Crippen molar-refractivity contribution < 1.29 is 9.18 Å². The van der Waals surface area contributed by atoms with Gasteiger partial charge in [0, 0.05) is 17.7 Å². The van der Waals surface area contributed by atoms with E-state index in [1.54, 1.807) is 6.07 Å². The Hall–Kier alpha value is -1.24. The standard InChI is InChI=1S/C14H12BrFN2OS/c15-12-4-8(6-20-12)14(17)9-3-7-1-2-13(19)18-11(7)5-10(9)16/h3-6,14H,1-2,17H2,(H,18,19). The Morgan fingerprint density at radius 2 is 2.15 bits per heavy atom. The summed E-state index contributed by atoms with van der Waals surface area (Å²) >= 11 is 4.90. The van der Waals surface area contributed by atoms with E-state index in [1.165, 1.54) is 17.4 Å². The molecule has 3 N–H and O–H groups in total. The molecule has 0 spiro atoms. The molecular formula is C14H12BrFN2OS. The maximum atomic E-state index is 14.2. The number of carbonyl (C=O) groups excluding carboxylic acids is 1. The summed E-state index contributed by atoms with van der Waals surface area (Å²) in [6.07, 6.45) is 1.05. The lowest BCUT2D eigenvalue weighted by Gasteiger charge is -2.20. The zero-order valence-corrected chi connectivity index (χ0v) is 12.9. The Bertz CT molecular complexity index is 686. The molecule has 0 aliphatic carbocycles. The van der Waals surface area contributed by atoms with Crippen LogP contribution in [0.3, 0.4) is 0 Å². The van der Waals surface area contributed by atoms with Crippen molar-refractivity contribution in [3.05, 3.63) is 49.9 Å². The molecule has 1 aliphatic heterocycles. The summed E-state index contributed by atoms with van der Waals surface area (Å²) in [4.78, 5) is 11.3. The van der Waals surface area contributed by atoms with Gasteiger partial charge in [0.05, 0.1) is 9.83 Å². The molecule has 2 aromatic rings. The summed E-state index contributed by atoms with van der Waals surface area (Å²) < 4.78 is 15.2. The van der Waals surface area contributed by atoms with E-state index in [-0.39, 0.29) is 11.7 Å². The molecular weight excluding hydrogens is 343 g/mol. The number of thiophene rings is 1. The second-order valence-electron chi connectivity index (χ2n) is 4.74. The number of hydrogen-bond acceptors (Lipinski definition) is 3. The molecule has 0 radical (unpaired) electrons. The average Bonchev–Trinajstić information content (AvgIpc) is 2.84. The second-order valence-corrected chi connectivity index (χ2v) is 7.03. The van der Waals surface area contributed by atoms with Gasteiger partial charge in [0.2, 0.25) is 5.91 Å². The van der Waals surface area contributed by atoms with E-state index >= 15 is 0 Å². The van der Waals surface area contributed by atoms with Gasteiger partial charge in [0.25, 0.3) is 0 Å². The van der Waals surface area contributed by atoms with Crippen molar-refractivity contribution in [1.82, 2.24) is 0 Å². The van der Waals surface area contributed by atoms with Gasteiger partial charge in [0.1, 0.15) is 5.82 Å².